The van der Waals surface area contributed by atoms with E-state index in [9.17, 15) is 0 Å². The summed E-state index contributed by atoms with van der Waals surface area (Å²) < 4.78 is 0. The van der Waals surface area contributed by atoms with Crippen LogP contribution in [0.1, 0.15) is 35.2 Å². The van der Waals surface area contributed by atoms with Crippen molar-refractivity contribution in [1.82, 2.24) is 4.90 Å². The molecule has 0 aliphatic carbocycles. The predicted molar refractivity (Wildman–Crippen MR) is 113 cm³/mol. The Kier molecular flexibility index (Phi) is 5.20. The van der Waals surface area contributed by atoms with Gasteiger partial charge in [-0.25, -0.2) is 0 Å². The fourth-order valence-corrected chi connectivity index (χ4v) is 5.26. The first kappa shape index (κ1) is 17.5. The molecule has 2 atom stereocenters. The van der Waals surface area contributed by atoms with E-state index in [4.69, 9.17) is 0 Å². The van der Waals surface area contributed by atoms with E-state index in [-0.39, 0.29) is 11.2 Å². The molecule has 1 saturated heterocycles. The largest absolute Gasteiger partial charge is 0.289 e. The molecule has 0 N–H and O–H groups in total. The Hall–Kier alpha value is -1.95. The number of nitrogens with zero attached hydrogens (tertiary/aromatic N) is 1. The summed E-state index contributed by atoms with van der Waals surface area (Å²) in [4.78, 5) is 2.70. The molecule has 2 heteroatoms. The van der Waals surface area contributed by atoms with Crippen LogP contribution in [-0.2, 0) is 5.54 Å². The Morgan fingerprint density at radius 1 is 0.654 bits per heavy atom. The van der Waals surface area contributed by atoms with Gasteiger partial charge in [0.2, 0.25) is 0 Å². The minimum absolute atomic E-state index is 0.176. The molecule has 0 aromatic heterocycles. The van der Waals surface area contributed by atoms with Crippen LogP contribution in [0.4, 0.5) is 0 Å². The molecule has 0 spiro atoms. The fraction of sp³-hybridized carbons (Fsp3) is 0.250. The second-order valence-corrected chi connectivity index (χ2v) is 7.75. The van der Waals surface area contributed by atoms with Gasteiger partial charge in [-0.2, -0.15) is 0 Å². The van der Waals surface area contributed by atoms with Crippen molar-refractivity contribution in [1.29, 1.82) is 0 Å². The van der Waals surface area contributed by atoms with Crippen molar-refractivity contribution >= 4 is 9.24 Å². The average Bonchev–Trinajstić information content (AvgIpc) is 3.26. The molecule has 1 fully saturated rings. The van der Waals surface area contributed by atoms with Crippen molar-refractivity contribution in [2.75, 3.05) is 13.1 Å². The van der Waals surface area contributed by atoms with Gasteiger partial charge in [-0.1, -0.05) is 91.0 Å². The molecule has 1 aliphatic heterocycles. The second-order valence-electron chi connectivity index (χ2n) is 7.08. The molecule has 3 aromatic rings. The lowest BCUT2D eigenvalue weighted by molar-refractivity contribution is 0.153. The van der Waals surface area contributed by atoms with Gasteiger partial charge in [-0.3, -0.25) is 4.90 Å². The topological polar surface area (TPSA) is 3.24 Å². The van der Waals surface area contributed by atoms with Crippen molar-refractivity contribution < 1.29 is 0 Å². The van der Waals surface area contributed by atoms with Gasteiger partial charge in [-0.15, -0.1) is 9.24 Å². The van der Waals surface area contributed by atoms with E-state index < -0.39 is 0 Å². The van der Waals surface area contributed by atoms with Gasteiger partial charge in [0.25, 0.3) is 0 Å². The first-order valence-corrected chi connectivity index (χ1v) is 10.2. The first-order valence-electron chi connectivity index (χ1n) is 9.50. The summed E-state index contributed by atoms with van der Waals surface area (Å²) in [7, 11) is 3.18. The Balaban J connectivity index is 1.97. The summed E-state index contributed by atoms with van der Waals surface area (Å²) in [6.07, 6.45) is 2.54. The van der Waals surface area contributed by atoms with Crippen LogP contribution in [0.15, 0.2) is 91.0 Å². The quantitative estimate of drug-likeness (QED) is 0.533. The zero-order valence-electron chi connectivity index (χ0n) is 15.1. The van der Waals surface area contributed by atoms with Crippen LogP contribution in [-0.4, -0.2) is 18.0 Å². The lowest BCUT2D eigenvalue weighted by Gasteiger charge is -2.47. The second kappa shape index (κ2) is 7.74. The highest BCUT2D eigenvalue weighted by Crippen LogP contribution is 2.51. The van der Waals surface area contributed by atoms with Crippen LogP contribution in [0.25, 0.3) is 0 Å². The van der Waals surface area contributed by atoms with Gasteiger partial charge in [0.1, 0.15) is 0 Å². The molecular weight excluding hydrogens is 333 g/mol. The fourth-order valence-electron chi connectivity index (χ4n) is 4.44. The molecule has 0 saturated carbocycles. The van der Waals surface area contributed by atoms with Crippen molar-refractivity contribution in [3.63, 3.8) is 0 Å². The van der Waals surface area contributed by atoms with E-state index in [2.05, 4.69) is 105 Å². The zero-order chi connectivity index (χ0) is 17.8. The van der Waals surface area contributed by atoms with Gasteiger partial charge in [0.05, 0.1) is 5.54 Å². The maximum atomic E-state index is 3.18. The maximum absolute atomic E-state index is 3.18. The van der Waals surface area contributed by atoms with E-state index >= 15 is 0 Å². The maximum Gasteiger partial charge on any atom is 0.0820 e. The third-order valence-corrected chi connectivity index (χ3v) is 6.51. The highest BCUT2D eigenvalue weighted by Gasteiger charge is 2.46. The molecule has 26 heavy (non-hydrogen) atoms. The highest BCUT2D eigenvalue weighted by molar-refractivity contribution is 7.17. The number of benzene rings is 3. The normalized spacial score (nSPS) is 16.5. The summed E-state index contributed by atoms with van der Waals surface area (Å²) in [6.45, 7) is 2.28. The Morgan fingerprint density at radius 3 is 1.54 bits per heavy atom. The van der Waals surface area contributed by atoms with Crippen LogP contribution in [0.5, 0.6) is 0 Å². The average molecular weight is 359 g/mol. The van der Waals surface area contributed by atoms with Gasteiger partial charge in [-0.05, 0) is 42.6 Å². The molecule has 3 aromatic carbocycles. The monoisotopic (exact) mass is 359 g/mol. The molecule has 0 bridgehead atoms. The zero-order valence-corrected chi connectivity index (χ0v) is 16.2. The van der Waals surface area contributed by atoms with Crippen LogP contribution >= 0.6 is 9.24 Å². The molecule has 4 rings (SSSR count). The van der Waals surface area contributed by atoms with Crippen molar-refractivity contribution in [2.45, 2.75) is 24.0 Å². The first-order chi connectivity index (χ1) is 12.8. The number of hydrogen-bond acceptors (Lipinski definition) is 1. The third-order valence-electron chi connectivity index (χ3n) is 5.64. The standard InChI is InChI=1S/C24H26NP/c26-23(20-12-4-1-5-13-20)24(25-18-10-11-19-25,21-14-6-2-7-15-21)22-16-8-3-9-17-22/h1-9,12-17,23H,10-11,18-19,26H2. The third kappa shape index (κ3) is 3.00. The minimum atomic E-state index is -0.176. The Bertz CT molecular complexity index is 771. The number of rotatable bonds is 5. The summed E-state index contributed by atoms with van der Waals surface area (Å²) in [5.74, 6) is 0. The molecule has 1 nitrogen and oxygen atoms in total. The van der Waals surface area contributed by atoms with Gasteiger partial charge >= 0.3 is 0 Å². The van der Waals surface area contributed by atoms with E-state index in [1.807, 2.05) is 0 Å². The summed E-state index contributed by atoms with van der Waals surface area (Å²) in [5.41, 5.74) is 4.20. The minimum Gasteiger partial charge on any atom is -0.289 e. The predicted octanol–water partition coefficient (Wildman–Crippen LogP) is 5.64. The van der Waals surface area contributed by atoms with Gasteiger partial charge < -0.3 is 0 Å². The van der Waals surface area contributed by atoms with Crippen molar-refractivity contribution in [3.05, 3.63) is 108 Å². The molecule has 0 amide bonds. The lowest BCUT2D eigenvalue weighted by atomic mass is 9.76. The Morgan fingerprint density at radius 2 is 1.08 bits per heavy atom. The van der Waals surface area contributed by atoms with Crippen LogP contribution in [0.2, 0.25) is 0 Å². The lowest BCUT2D eigenvalue weighted by Crippen LogP contribution is -2.48. The molecule has 0 radical (unpaired) electrons. The summed E-state index contributed by atoms with van der Waals surface area (Å²) in [6, 6.07) is 33.0. The molecule has 1 aliphatic rings. The number of hydrogen-bond donors (Lipinski definition) is 0. The SMILES string of the molecule is PC(c1ccccc1)C(c1ccccc1)(c1ccccc1)N1CCCC1. The molecule has 1 heterocycles. The van der Waals surface area contributed by atoms with Crippen molar-refractivity contribution in [2.24, 2.45) is 0 Å². The van der Waals surface area contributed by atoms with Crippen LogP contribution in [0.3, 0.4) is 0 Å². The van der Waals surface area contributed by atoms with Crippen LogP contribution in [0, 0.1) is 0 Å². The van der Waals surface area contributed by atoms with Crippen LogP contribution < -0.4 is 0 Å². The Labute approximate surface area is 159 Å². The summed E-state index contributed by atoms with van der Waals surface area (Å²) >= 11 is 0. The van der Waals surface area contributed by atoms with Gasteiger partial charge in [0.15, 0.2) is 0 Å². The van der Waals surface area contributed by atoms with Gasteiger partial charge in [0, 0.05) is 5.66 Å². The van der Waals surface area contributed by atoms with E-state index in [1.165, 1.54) is 29.5 Å². The van der Waals surface area contributed by atoms with E-state index in [0.29, 0.717) is 0 Å². The molecule has 2 unspecified atom stereocenters. The molecule has 132 valence electrons. The highest BCUT2D eigenvalue weighted by atomic mass is 31.0. The van der Waals surface area contributed by atoms with E-state index in [0.717, 1.165) is 13.1 Å². The summed E-state index contributed by atoms with van der Waals surface area (Å²) in [5, 5.41) is 0. The molecular formula is C24H26NP. The van der Waals surface area contributed by atoms with E-state index in [1.54, 1.807) is 0 Å². The van der Waals surface area contributed by atoms with Crippen molar-refractivity contribution in [3.8, 4) is 0 Å². The smallest absolute Gasteiger partial charge is 0.0820 e. The number of likely N-dealkylation sites (tertiary alicyclic amines) is 1.